The van der Waals surface area contributed by atoms with Crippen LogP contribution in [0.1, 0.15) is 52.4 Å². The van der Waals surface area contributed by atoms with Crippen molar-refractivity contribution in [2.75, 3.05) is 13.2 Å². The number of hydrogen-bond donors (Lipinski definition) is 0. The van der Waals surface area contributed by atoms with Crippen molar-refractivity contribution in [2.24, 2.45) is 0 Å². The SMILES string of the molecule is CCCCCOB(OCCCCC)c1cc2ccccc2c2c1oc1ccccc12. The van der Waals surface area contributed by atoms with Crippen molar-refractivity contribution in [2.45, 2.75) is 52.4 Å². The quantitative estimate of drug-likeness (QED) is 0.203. The Hall–Kier alpha value is -2.30. The largest absolute Gasteiger partial charge is 0.497 e. The topological polar surface area (TPSA) is 31.6 Å². The lowest BCUT2D eigenvalue weighted by Crippen LogP contribution is -2.38. The number of fused-ring (bicyclic) bond motifs is 5. The van der Waals surface area contributed by atoms with Crippen molar-refractivity contribution >= 4 is 45.3 Å². The molecule has 0 saturated heterocycles. The average molecular weight is 402 g/mol. The zero-order valence-corrected chi connectivity index (χ0v) is 18.2. The van der Waals surface area contributed by atoms with E-state index in [2.05, 4.69) is 56.3 Å². The van der Waals surface area contributed by atoms with Crippen LogP contribution in [0.15, 0.2) is 59.0 Å². The normalized spacial score (nSPS) is 11.7. The summed E-state index contributed by atoms with van der Waals surface area (Å²) >= 11 is 0. The summed E-state index contributed by atoms with van der Waals surface area (Å²) in [6.45, 7) is 5.81. The molecule has 0 atom stereocenters. The van der Waals surface area contributed by atoms with Crippen LogP contribution in [0.25, 0.3) is 32.7 Å². The van der Waals surface area contributed by atoms with E-state index in [1.807, 2.05) is 12.1 Å². The predicted molar refractivity (Wildman–Crippen MR) is 128 cm³/mol. The van der Waals surface area contributed by atoms with E-state index in [-0.39, 0.29) is 0 Å². The molecule has 0 aliphatic rings. The van der Waals surface area contributed by atoms with Gasteiger partial charge in [-0.05, 0) is 29.7 Å². The molecule has 3 aromatic carbocycles. The van der Waals surface area contributed by atoms with E-state index in [9.17, 15) is 0 Å². The van der Waals surface area contributed by atoms with Gasteiger partial charge in [-0.1, -0.05) is 88.1 Å². The minimum Gasteiger partial charge on any atom is -0.456 e. The second-order valence-electron chi connectivity index (χ2n) is 7.98. The molecule has 1 heterocycles. The fourth-order valence-electron chi connectivity index (χ4n) is 4.09. The smallest absolute Gasteiger partial charge is 0.456 e. The number of rotatable bonds is 11. The maximum Gasteiger partial charge on any atom is 0.497 e. The predicted octanol–water partition coefficient (Wildman–Crippen LogP) is 6.85. The lowest BCUT2D eigenvalue weighted by Gasteiger charge is -2.16. The van der Waals surface area contributed by atoms with Crippen LogP contribution in [0, 0.1) is 0 Å². The molecule has 30 heavy (non-hydrogen) atoms. The van der Waals surface area contributed by atoms with Crippen molar-refractivity contribution in [1.29, 1.82) is 0 Å². The zero-order chi connectivity index (χ0) is 20.8. The molecule has 0 aliphatic heterocycles. The lowest BCUT2D eigenvalue weighted by molar-refractivity contribution is 0.200. The number of hydrogen-bond acceptors (Lipinski definition) is 3. The first kappa shape index (κ1) is 21.0. The molecule has 0 bridgehead atoms. The van der Waals surface area contributed by atoms with Gasteiger partial charge in [-0.15, -0.1) is 0 Å². The van der Waals surface area contributed by atoms with Gasteiger partial charge in [-0.2, -0.15) is 0 Å². The molecule has 0 saturated carbocycles. The first-order valence-electron chi connectivity index (χ1n) is 11.4. The molecule has 156 valence electrons. The third-order valence-corrected chi connectivity index (χ3v) is 5.69. The molecular weight excluding hydrogens is 371 g/mol. The molecule has 0 amide bonds. The molecule has 0 spiro atoms. The standard InChI is InChI=1S/C26H31BO3/c1-3-5-11-17-28-27(29-18-12-6-4-2)23-19-20-13-7-8-14-21(20)25-22-15-9-10-16-24(22)30-26(23)25/h7-10,13-16,19H,3-6,11-12,17-18H2,1-2H3. The van der Waals surface area contributed by atoms with Crippen molar-refractivity contribution in [3.8, 4) is 0 Å². The Bertz CT molecular complexity index is 1090. The van der Waals surface area contributed by atoms with Crippen LogP contribution in [0.3, 0.4) is 0 Å². The highest BCUT2D eigenvalue weighted by Crippen LogP contribution is 2.33. The van der Waals surface area contributed by atoms with E-state index in [1.54, 1.807) is 0 Å². The average Bonchev–Trinajstić information content (AvgIpc) is 3.17. The number of benzene rings is 3. The number of furan rings is 1. The second kappa shape index (κ2) is 10.1. The highest BCUT2D eigenvalue weighted by molar-refractivity contribution is 6.65. The molecule has 0 radical (unpaired) electrons. The van der Waals surface area contributed by atoms with Gasteiger partial charge >= 0.3 is 7.12 Å². The lowest BCUT2D eigenvalue weighted by atomic mass is 9.76. The van der Waals surface area contributed by atoms with Gasteiger partial charge in [0.25, 0.3) is 0 Å². The van der Waals surface area contributed by atoms with Gasteiger partial charge < -0.3 is 13.7 Å². The van der Waals surface area contributed by atoms with E-state index in [4.69, 9.17) is 13.7 Å². The van der Waals surface area contributed by atoms with Crippen LogP contribution in [0.4, 0.5) is 0 Å². The van der Waals surface area contributed by atoms with Crippen LogP contribution in [0.2, 0.25) is 0 Å². The Labute approximate surface area is 179 Å². The molecule has 0 N–H and O–H groups in total. The van der Waals surface area contributed by atoms with E-state index < -0.39 is 7.12 Å². The molecule has 0 unspecified atom stereocenters. The van der Waals surface area contributed by atoms with Gasteiger partial charge in [0, 0.05) is 29.4 Å². The fraction of sp³-hybridized carbons (Fsp3) is 0.385. The molecule has 0 fully saturated rings. The zero-order valence-electron chi connectivity index (χ0n) is 18.2. The molecule has 1 aromatic heterocycles. The van der Waals surface area contributed by atoms with Gasteiger partial charge in [0.1, 0.15) is 11.2 Å². The Kier molecular flexibility index (Phi) is 7.09. The summed E-state index contributed by atoms with van der Waals surface area (Å²) in [5.41, 5.74) is 2.78. The highest BCUT2D eigenvalue weighted by Gasteiger charge is 2.27. The first-order valence-corrected chi connectivity index (χ1v) is 11.4. The Morgan fingerprint density at radius 2 is 1.40 bits per heavy atom. The van der Waals surface area contributed by atoms with E-state index in [1.165, 1.54) is 36.5 Å². The van der Waals surface area contributed by atoms with Gasteiger partial charge in [0.15, 0.2) is 0 Å². The van der Waals surface area contributed by atoms with E-state index in [0.717, 1.165) is 40.2 Å². The Morgan fingerprint density at radius 3 is 2.10 bits per heavy atom. The summed E-state index contributed by atoms with van der Waals surface area (Å²) < 4.78 is 18.9. The van der Waals surface area contributed by atoms with E-state index >= 15 is 0 Å². The van der Waals surface area contributed by atoms with Crippen LogP contribution >= 0.6 is 0 Å². The minimum atomic E-state index is -0.411. The van der Waals surface area contributed by atoms with Crippen molar-refractivity contribution in [3.05, 3.63) is 54.6 Å². The molecule has 3 nitrogen and oxygen atoms in total. The van der Waals surface area contributed by atoms with Gasteiger partial charge in [-0.25, -0.2) is 0 Å². The van der Waals surface area contributed by atoms with Crippen LogP contribution < -0.4 is 5.46 Å². The summed E-state index contributed by atoms with van der Waals surface area (Å²) in [4.78, 5) is 0. The van der Waals surface area contributed by atoms with E-state index in [0.29, 0.717) is 13.2 Å². The van der Waals surface area contributed by atoms with Gasteiger partial charge in [0.05, 0.1) is 0 Å². The van der Waals surface area contributed by atoms with Crippen LogP contribution in [-0.4, -0.2) is 20.3 Å². The summed E-state index contributed by atoms with van der Waals surface area (Å²) in [6, 6.07) is 18.9. The van der Waals surface area contributed by atoms with Crippen molar-refractivity contribution in [1.82, 2.24) is 0 Å². The van der Waals surface area contributed by atoms with Crippen molar-refractivity contribution in [3.63, 3.8) is 0 Å². The Balaban J connectivity index is 1.79. The van der Waals surface area contributed by atoms with Gasteiger partial charge in [-0.3, -0.25) is 0 Å². The molecule has 4 heteroatoms. The summed E-state index contributed by atoms with van der Waals surface area (Å²) in [5.74, 6) is 0. The number of para-hydroxylation sites is 1. The second-order valence-corrected chi connectivity index (χ2v) is 7.98. The third kappa shape index (κ3) is 4.40. The molecule has 4 rings (SSSR count). The minimum absolute atomic E-state index is 0.411. The number of unbranched alkanes of at least 4 members (excludes halogenated alkanes) is 4. The van der Waals surface area contributed by atoms with Crippen molar-refractivity contribution < 1.29 is 13.7 Å². The Morgan fingerprint density at radius 1 is 0.767 bits per heavy atom. The maximum atomic E-state index is 6.37. The summed E-state index contributed by atoms with van der Waals surface area (Å²) in [5, 5.41) is 4.68. The molecular formula is C26H31BO3. The molecule has 4 aromatic rings. The highest BCUT2D eigenvalue weighted by atomic mass is 16.6. The fourth-order valence-corrected chi connectivity index (χ4v) is 4.09. The van der Waals surface area contributed by atoms with Gasteiger partial charge in [0.2, 0.25) is 0 Å². The van der Waals surface area contributed by atoms with Crippen LogP contribution in [0.5, 0.6) is 0 Å². The third-order valence-electron chi connectivity index (χ3n) is 5.69. The molecule has 0 aliphatic carbocycles. The monoisotopic (exact) mass is 402 g/mol. The first-order chi connectivity index (χ1) is 14.8. The summed E-state index contributed by atoms with van der Waals surface area (Å²) in [6.07, 6.45) is 6.77. The van der Waals surface area contributed by atoms with Crippen LogP contribution in [-0.2, 0) is 9.31 Å². The maximum absolute atomic E-state index is 6.37. The summed E-state index contributed by atoms with van der Waals surface area (Å²) in [7, 11) is -0.411.